The van der Waals surface area contributed by atoms with Crippen molar-refractivity contribution in [2.75, 3.05) is 6.54 Å². The zero-order valence-electron chi connectivity index (χ0n) is 13.0. The van der Waals surface area contributed by atoms with E-state index in [1.165, 1.54) is 34.8 Å². The molecule has 1 amide bonds. The van der Waals surface area contributed by atoms with Crippen LogP contribution in [0.2, 0.25) is 0 Å². The maximum Gasteiger partial charge on any atom is 0.261 e. The molecule has 25 heavy (non-hydrogen) atoms. The van der Waals surface area contributed by atoms with Crippen molar-refractivity contribution in [2.45, 2.75) is 6.42 Å². The number of hydrogen-bond donors (Lipinski definition) is 1. The fourth-order valence-corrected chi connectivity index (χ4v) is 3.94. The zero-order valence-corrected chi connectivity index (χ0v) is 14.6. The molecular weight excluding hydrogens is 359 g/mol. The van der Waals surface area contributed by atoms with E-state index in [1.54, 1.807) is 22.7 Å². The van der Waals surface area contributed by atoms with Crippen LogP contribution in [-0.4, -0.2) is 27.0 Å². The van der Waals surface area contributed by atoms with Crippen LogP contribution in [0.3, 0.4) is 0 Å². The molecule has 0 fully saturated rings. The number of nitrogens with one attached hydrogen (secondary N) is 1. The van der Waals surface area contributed by atoms with E-state index in [1.807, 2.05) is 16.8 Å². The molecule has 1 aromatic carbocycles. The van der Waals surface area contributed by atoms with E-state index in [0.717, 1.165) is 10.7 Å². The summed E-state index contributed by atoms with van der Waals surface area (Å²) in [5.41, 5.74) is 1.61. The molecule has 1 N–H and O–H groups in total. The van der Waals surface area contributed by atoms with Gasteiger partial charge in [0, 0.05) is 23.9 Å². The lowest BCUT2D eigenvalue weighted by Gasteiger charge is -2.02. The summed E-state index contributed by atoms with van der Waals surface area (Å²) in [6.07, 6.45) is 0.642. The van der Waals surface area contributed by atoms with Crippen molar-refractivity contribution in [1.82, 2.24) is 19.9 Å². The van der Waals surface area contributed by atoms with Crippen LogP contribution >= 0.6 is 22.7 Å². The van der Waals surface area contributed by atoms with Gasteiger partial charge in [0.15, 0.2) is 5.82 Å². The van der Waals surface area contributed by atoms with Crippen molar-refractivity contribution >= 4 is 33.5 Å². The third-order valence-corrected chi connectivity index (χ3v) is 5.38. The lowest BCUT2D eigenvalue weighted by Crippen LogP contribution is -2.25. The highest BCUT2D eigenvalue weighted by molar-refractivity contribution is 7.15. The van der Waals surface area contributed by atoms with Crippen molar-refractivity contribution < 1.29 is 9.18 Å². The fraction of sp³-hybridized carbons (Fsp3) is 0.118. The highest BCUT2D eigenvalue weighted by Crippen LogP contribution is 2.21. The van der Waals surface area contributed by atoms with Gasteiger partial charge in [-0.1, -0.05) is 18.2 Å². The second kappa shape index (κ2) is 6.73. The third-order valence-electron chi connectivity index (χ3n) is 3.64. The van der Waals surface area contributed by atoms with Gasteiger partial charge >= 0.3 is 0 Å². The maximum absolute atomic E-state index is 13.4. The molecule has 0 unspecified atom stereocenters. The molecule has 0 aliphatic carbocycles. The first-order valence-electron chi connectivity index (χ1n) is 7.61. The molecule has 0 spiro atoms. The minimum absolute atomic E-state index is 0.0690. The number of fused-ring (bicyclic) bond motifs is 1. The van der Waals surface area contributed by atoms with Crippen molar-refractivity contribution in [3.8, 4) is 11.4 Å². The predicted molar refractivity (Wildman–Crippen MR) is 96.6 cm³/mol. The highest BCUT2D eigenvalue weighted by Gasteiger charge is 2.12. The Balaban J connectivity index is 1.48. The van der Waals surface area contributed by atoms with Gasteiger partial charge in [0.05, 0.1) is 10.6 Å². The molecule has 8 heteroatoms. The molecule has 0 aliphatic heterocycles. The van der Waals surface area contributed by atoms with E-state index in [4.69, 9.17) is 0 Å². The first-order valence-corrected chi connectivity index (χ1v) is 9.37. The van der Waals surface area contributed by atoms with Crippen LogP contribution in [0, 0.1) is 5.82 Å². The predicted octanol–water partition coefficient (Wildman–Crippen LogP) is 3.63. The Bertz CT molecular complexity index is 1020. The quantitative estimate of drug-likeness (QED) is 0.582. The molecule has 0 bridgehead atoms. The standard InChI is InChI=1S/C17H13FN4OS2/c18-12-4-1-3-11(9-12)15-20-17-22(21-15)13(10-25-17)6-7-19-16(23)14-5-2-8-24-14/h1-5,8-10H,6-7H2,(H,19,23). The Labute approximate surface area is 150 Å². The molecule has 0 saturated carbocycles. The normalized spacial score (nSPS) is 11.1. The van der Waals surface area contributed by atoms with Gasteiger partial charge in [-0.25, -0.2) is 8.91 Å². The molecule has 5 nitrogen and oxygen atoms in total. The summed E-state index contributed by atoms with van der Waals surface area (Å²) in [6.45, 7) is 0.512. The van der Waals surface area contributed by atoms with Crippen LogP contribution in [0.25, 0.3) is 16.3 Å². The Morgan fingerprint density at radius 1 is 1.24 bits per heavy atom. The molecule has 0 aliphatic rings. The molecule has 4 rings (SSSR count). The summed E-state index contributed by atoms with van der Waals surface area (Å²) in [5, 5.41) is 11.2. The number of carbonyl (C=O) groups is 1. The molecule has 0 saturated heterocycles. The van der Waals surface area contributed by atoms with E-state index in [-0.39, 0.29) is 11.7 Å². The van der Waals surface area contributed by atoms with Crippen molar-refractivity contribution in [2.24, 2.45) is 0 Å². The second-order valence-electron chi connectivity index (χ2n) is 5.35. The van der Waals surface area contributed by atoms with Gasteiger partial charge < -0.3 is 5.32 Å². The SMILES string of the molecule is O=C(NCCc1csc2nc(-c3cccc(F)c3)nn12)c1cccs1. The number of thiazole rings is 1. The Hall–Kier alpha value is -2.58. The minimum Gasteiger partial charge on any atom is -0.351 e. The number of halogens is 1. The van der Waals surface area contributed by atoms with Gasteiger partial charge in [-0.15, -0.1) is 27.8 Å². The smallest absolute Gasteiger partial charge is 0.261 e. The number of hydrogen-bond acceptors (Lipinski definition) is 5. The number of benzene rings is 1. The zero-order chi connectivity index (χ0) is 17.2. The summed E-state index contributed by atoms with van der Waals surface area (Å²) in [7, 11) is 0. The van der Waals surface area contributed by atoms with Gasteiger partial charge in [-0.3, -0.25) is 4.79 Å². The number of thiophene rings is 1. The van der Waals surface area contributed by atoms with Crippen molar-refractivity contribution in [1.29, 1.82) is 0 Å². The summed E-state index contributed by atoms with van der Waals surface area (Å²) in [6, 6.07) is 9.88. The van der Waals surface area contributed by atoms with Crippen molar-refractivity contribution in [3.05, 3.63) is 63.5 Å². The Kier molecular flexibility index (Phi) is 4.29. The number of nitrogens with zero attached hydrogens (tertiary/aromatic N) is 3. The molecular formula is C17H13FN4OS2. The molecule has 3 heterocycles. The van der Waals surface area contributed by atoms with Crippen LogP contribution < -0.4 is 5.32 Å². The Morgan fingerprint density at radius 2 is 2.16 bits per heavy atom. The van der Waals surface area contributed by atoms with Crippen LogP contribution in [0.15, 0.2) is 47.2 Å². The monoisotopic (exact) mass is 372 g/mol. The molecule has 4 aromatic rings. The fourth-order valence-electron chi connectivity index (χ4n) is 2.45. The largest absolute Gasteiger partial charge is 0.351 e. The number of rotatable bonds is 5. The van der Waals surface area contributed by atoms with E-state index in [2.05, 4.69) is 15.4 Å². The average Bonchev–Trinajstić information content (AvgIpc) is 3.33. The van der Waals surface area contributed by atoms with Crippen molar-refractivity contribution in [3.63, 3.8) is 0 Å². The minimum atomic E-state index is -0.313. The van der Waals surface area contributed by atoms with E-state index in [9.17, 15) is 9.18 Å². The summed E-state index contributed by atoms with van der Waals surface area (Å²) < 4.78 is 15.1. The van der Waals surface area contributed by atoms with Crippen LogP contribution in [0.5, 0.6) is 0 Å². The van der Waals surface area contributed by atoms with Gasteiger partial charge in [0.25, 0.3) is 5.91 Å². The summed E-state index contributed by atoms with van der Waals surface area (Å²) in [4.78, 5) is 17.8. The third kappa shape index (κ3) is 3.31. The summed E-state index contributed by atoms with van der Waals surface area (Å²) >= 11 is 2.89. The van der Waals surface area contributed by atoms with E-state index in [0.29, 0.717) is 29.2 Å². The van der Waals surface area contributed by atoms with Gasteiger partial charge in [-0.05, 0) is 23.6 Å². The Morgan fingerprint density at radius 3 is 2.96 bits per heavy atom. The van der Waals surface area contributed by atoms with Gasteiger partial charge in [0.2, 0.25) is 4.96 Å². The first-order chi connectivity index (χ1) is 12.2. The summed E-state index contributed by atoms with van der Waals surface area (Å²) in [5.74, 6) is 0.114. The van der Waals surface area contributed by atoms with E-state index < -0.39 is 0 Å². The maximum atomic E-state index is 13.4. The number of aromatic nitrogens is 3. The second-order valence-corrected chi connectivity index (χ2v) is 7.13. The van der Waals surface area contributed by atoms with Gasteiger partial charge in [-0.2, -0.15) is 4.98 Å². The molecule has 0 atom stereocenters. The van der Waals surface area contributed by atoms with Crippen LogP contribution in [-0.2, 0) is 6.42 Å². The first kappa shape index (κ1) is 15.9. The molecule has 0 radical (unpaired) electrons. The lowest BCUT2D eigenvalue weighted by atomic mass is 10.2. The topological polar surface area (TPSA) is 59.3 Å². The highest BCUT2D eigenvalue weighted by atomic mass is 32.1. The van der Waals surface area contributed by atoms with Gasteiger partial charge in [0.1, 0.15) is 5.82 Å². The van der Waals surface area contributed by atoms with Crippen LogP contribution in [0.4, 0.5) is 4.39 Å². The molecule has 3 aromatic heterocycles. The van der Waals surface area contributed by atoms with E-state index >= 15 is 0 Å². The lowest BCUT2D eigenvalue weighted by molar-refractivity contribution is 0.0958. The molecule has 126 valence electrons. The average molecular weight is 372 g/mol. The number of carbonyl (C=O) groups excluding carboxylic acids is 1. The number of amides is 1. The van der Waals surface area contributed by atoms with Crippen LogP contribution in [0.1, 0.15) is 15.4 Å².